The normalized spacial score (nSPS) is 11.1. The number of aromatic nitrogens is 5. The maximum Gasteiger partial charge on any atom is 0.145 e. The number of rotatable bonds is 6. The summed E-state index contributed by atoms with van der Waals surface area (Å²) in [5.41, 5.74) is 11.1. The van der Waals surface area contributed by atoms with Gasteiger partial charge in [0.2, 0.25) is 0 Å². The third-order valence-electron chi connectivity index (χ3n) is 7.91. The maximum absolute atomic E-state index is 5.37. The molecule has 5 heteroatoms. The molecule has 5 nitrogen and oxygen atoms in total. The zero-order chi connectivity index (χ0) is 30.0. The second-order valence-electron chi connectivity index (χ2n) is 10.7. The molecule has 0 spiro atoms. The SMILES string of the molecule is c1ccc(-c2nc(-c3ccccc3)c(-c3ccc(-c4nc(-c5ccccn5)c5ccccn45)cc3)nc2-c2ccccc2)cc1. The van der Waals surface area contributed by atoms with Crippen molar-refractivity contribution in [3.05, 3.63) is 164 Å². The summed E-state index contributed by atoms with van der Waals surface area (Å²) in [7, 11) is 0. The Morgan fingerprint density at radius 2 is 0.822 bits per heavy atom. The Morgan fingerprint density at radius 1 is 0.356 bits per heavy atom. The molecule has 0 saturated carbocycles. The van der Waals surface area contributed by atoms with Crippen molar-refractivity contribution >= 4 is 5.52 Å². The Hall–Kier alpha value is -6.20. The maximum atomic E-state index is 5.37. The van der Waals surface area contributed by atoms with Gasteiger partial charge in [-0.2, -0.15) is 0 Å². The van der Waals surface area contributed by atoms with Crippen molar-refractivity contribution in [2.24, 2.45) is 0 Å². The predicted octanol–water partition coefficient (Wildman–Crippen LogP) is 9.52. The van der Waals surface area contributed by atoms with Crippen LogP contribution in [0.4, 0.5) is 0 Å². The number of nitrogens with zero attached hydrogens (tertiary/aromatic N) is 5. The fourth-order valence-corrected chi connectivity index (χ4v) is 5.74. The first-order valence-corrected chi connectivity index (χ1v) is 14.9. The van der Waals surface area contributed by atoms with Crippen LogP contribution in [0.3, 0.4) is 0 Å². The molecule has 0 aliphatic rings. The Bertz CT molecular complexity index is 2230. The van der Waals surface area contributed by atoms with Crippen LogP contribution in [0.15, 0.2) is 164 Å². The van der Waals surface area contributed by atoms with E-state index in [1.807, 2.05) is 91.1 Å². The van der Waals surface area contributed by atoms with Gasteiger partial charge in [-0.25, -0.2) is 15.0 Å². The third kappa shape index (κ3) is 4.96. The van der Waals surface area contributed by atoms with Gasteiger partial charge in [0.1, 0.15) is 11.5 Å². The Morgan fingerprint density at radius 3 is 1.33 bits per heavy atom. The van der Waals surface area contributed by atoms with E-state index < -0.39 is 0 Å². The van der Waals surface area contributed by atoms with Gasteiger partial charge in [0, 0.05) is 40.2 Å². The molecular weight excluding hydrogens is 550 g/mol. The fraction of sp³-hybridized carbons (Fsp3) is 0. The van der Waals surface area contributed by atoms with Gasteiger partial charge in [-0.3, -0.25) is 9.38 Å². The lowest BCUT2D eigenvalue weighted by Gasteiger charge is -2.16. The molecule has 212 valence electrons. The van der Waals surface area contributed by atoms with E-state index >= 15 is 0 Å². The smallest absolute Gasteiger partial charge is 0.145 e. The van der Waals surface area contributed by atoms with Gasteiger partial charge in [0.25, 0.3) is 0 Å². The van der Waals surface area contributed by atoms with Gasteiger partial charge < -0.3 is 0 Å². The first kappa shape index (κ1) is 26.4. The van der Waals surface area contributed by atoms with E-state index in [1.165, 1.54) is 0 Å². The highest BCUT2D eigenvalue weighted by molar-refractivity contribution is 5.87. The van der Waals surface area contributed by atoms with Crippen LogP contribution in [-0.4, -0.2) is 24.3 Å². The molecule has 45 heavy (non-hydrogen) atoms. The van der Waals surface area contributed by atoms with Gasteiger partial charge >= 0.3 is 0 Å². The molecule has 8 aromatic rings. The topological polar surface area (TPSA) is 56.0 Å². The van der Waals surface area contributed by atoms with E-state index in [-0.39, 0.29) is 0 Å². The van der Waals surface area contributed by atoms with Gasteiger partial charge in [-0.15, -0.1) is 0 Å². The summed E-state index contributed by atoms with van der Waals surface area (Å²) in [6.07, 6.45) is 3.85. The summed E-state index contributed by atoms with van der Waals surface area (Å²) in [5.74, 6) is 0.858. The molecule has 0 N–H and O–H groups in total. The van der Waals surface area contributed by atoms with E-state index in [9.17, 15) is 0 Å². The molecule has 0 saturated heterocycles. The minimum absolute atomic E-state index is 0.827. The van der Waals surface area contributed by atoms with E-state index in [4.69, 9.17) is 15.0 Å². The molecule has 4 aromatic carbocycles. The largest absolute Gasteiger partial charge is 0.299 e. The van der Waals surface area contributed by atoms with Gasteiger partial charge in [0.05, 0.1) is 34.0 Å². The summed E-state index contributed by atoms with van der Waals surface area (Å²) in [5, 5.41) is 0. The van der Waals surface area contributed by atoms with Crippen molar-refractivity contribution in [2.75, 3.05) is 0 Å². The molecule has 0 atom stereocenters. The average Bonchev–Trinajstić information content (AvgIpc) is 3.52. The quantitative estimate of drug-likeness (QED) is 0.197. The van der Waals surface area contributed by atoms with Crippen molar-refractivity contribution in [2.45, 2.75) is 0 Å². The van der Waals surface area contributed by atoms with E-state index in [1.54, 1.807) is 6.20 Å². The van der Waals surface area contributed by atoms with Crippen LogP contribution in [0, 0.1) is 0 Å². The average molecular weight is 578 g/mol. The van der Waals surface area contributed by atoms with Crippen molar-refractivity contribution in [3.8, 4) is 67.8 Å². The summed E-state index contributed by atoms with van der Waals surface area (Å²) in [6.45, 7) is 0. The van der Waals surface area contributed by atoms with E-state index in [2.05, 4.69) is 76.1 Å². The zero-order valence-corrected chi connectivity index (χ0v) is 24.3. The van der Waals surface area contributed by atoms with Crippen molar-refractivity contribution < 1.29 is 0 Å². The number of imidazole rings is 1. The van der Waals surface area contributed by atoms with Crippen LogP contribution >= 0.6 is 0 Å². The molecule has 8 rings (SSSR count). The Kier molecular flexibility index (Phi) is 6.74. The number of pyridine rings is 2. The van der Waals surface area contributed by atoms with Crippen molar-refractivity contribution in [3.63, 3.8) is 0 Å². The van der Waals surface area contributed by atoms with Crippen LogP contribution in [0.5, 0.6) is 0 Å². The summed E-state index contributed by atoms with van der Waals surface area (Å²) in [4.78, 5) is 20.3. The Balaban J connectivity index is 1.30. The lowest BCUT2D eigenvalue weighted by Crippen LogP contribution is -2.01. The number of hydrogen-bond donors (Lipinski definition) is 0. The minimum atomic E-state index is 0.827. The van der Waals surface area contributed by atoms with Crippen LogP contribution < -0.4 is 0 Å². The van der Waals surface area contributed by atoms with Crippen LogP contribution in [0.1, 0.15) is 0 Å². The monoisotopic (exact) mass is 577 g/mol. The van der Waals surface area contributed by atoms with Crippen LogP contribution in [0.2, 0.25) is 0 Å². The number of benzene rings is 4. The molecule has 0 aliphatic heterocycles. The highest BCUT2D eigenvalue weighted by atomic mass is 15.0. The van der Waals surface area contributed by atoms with E-state index in [0.29, 0.717) is 0 Å². The number of fused-ring (bicyclic) bond motifs is 1. The molecule has 0 amide bonds. The van der Waals surface area contributed by atoms with Crippen LogP contribution in [0.25, 0.3) is 73.3 Å². The van der Waals surface area contributed by atoms with Crippen molar-refractivity contribution in [1.29, 1.82) is 0 Å². The third-order valence-corrected chi connectivity index (χ3v) is 7.91. The molecule has 0 bridgehead atoms. The number of hydrogen-bond acceptors (Lipinski definition) is 4. The predicted molar refractivity (Wildman–Crippen MR) is 181 cm³/mol. The summed E-state index contributed by atoms with van der Waals surface area (Å²) >= 11 is 0. The Labute approximate surface area is 261 Å². The van der Waals surface area contributed by atoms with Crippen LogP contribution in [-0.2, 0) is 0 Å². The molecule has 4 aromatic heterocycles. The molecule has 0 aliphatic carbocycles. The van der Waals surface area contributed by atoms with Gasteiger partial charge in [-0.1, -0.05) is 127 Å². The summed E-state index contributed by atoms with van der Waals surface area (Å²) < 4.78 is 2.12. The molecular formula is C40H27N5. The minimum Gasteiger partial charge on any atom is -0.299 e. The molecule has 4 heterocycles. The first-order valence-electron chi connectivity index (χ1n) is 14.9. The molecule has 0 fully saturated rings. The molecule has 0 radical (unpaired) electrons. The first-order chi connectivity index (χ1) is 22.3. The van der Waals surface area contributed by atoms with Crippen molar-refractivity contribution in [1.82, 2.24) is 24.3 Å². The standard InChI is InChI=1S/C40H27N5/c1-4-14-28(15-5-1)35-36(29-16-6-2-7-17-29)43-38(37(42-35)30-18-8-3-9-19-30)31-22-24-32(25-23-31)40-44-39(33-20-10-12-26-41-33)34-21-11-13-27-45(34)40/h1-27H. The van der Waals surface area contributed by atoms with Gasteiger partial charge in [0.15, 0.2) is 0 Å². The second kappa shape index (κ2) is 11.5. The lowest BCUT2D eigenvalue weighted by molar-refractivity contribution is 1.16. The van der Waals surface area contributed by atoms with Gasteiger partial charge in [-0.05, 0) is 24.3 Å². The van der Waals surface area contributed by atoms with E-state index in [0.717, 1.165) is 73.3 Å². The highest BCUT2D eigenvalue weighted by Gasteiger charge is 2.20. The fourth-order valence-electron chi connectivity index (χ4n) is 5.74. The lowest BCUT2D eigenvalue weighted by atomic mass is 9.99. The second-order valence-corrected chi connectivity index (χ2v) is 10.7. The summed E-state index contributed by atoms with van der Waals surface area (Å²) in [6, 6.07) is 51.4. The molecule has 0 unspecified atom stereocenters. The highest BCUT2D eigenvalue weighted by Crippen LogP contribution is 2.38. The zero-order valence-electron chi connectivity index (χ0n) is 24.3.